The molecule has 7 nitrogen and oxygen atoms in total. The highest BCUT2D eigenvalue weighted by Crippen LogP contribution is 2.11. The number of methoxy groups -OCH3 is 1. The van der Waals surface area contributed by atoms with Crippen LogP contribution in [0.25, 0.3) is 0 Å². The van der Waals surface area contributed by atoms with E-state index >= 15 is 0 Å². The van der Waals surface area contributed by atoms with Crippen LogP contribution in [0.15, 0.2) is 0 Å². The first kappa shape index (κ1) is 19.2. The van der Waals surface area contributed by atoms with E-state index in [4.69, 9.17) is 5.11 Å². The number of carbonyl (C=O) groups is 3. The molecule has 0 fully saturated rings. The smallest absolute Gasteiger partial charge is 0.328 e. The lowest BCUT2D eigenvalue weighted by Gasteiger charge is -2.21. The number of nitrogens with one attached hydrogen (secondary N) is 2. The molecule has 0 heterocycles. The molecule has 3 N–H and O–H groups in total. The molecule has 0 aromatic rings. The maximum atomic E-state index is 11.8. The van der Waals surface area contributed by atoms with Gasteiger partial charge >= 0.3 is 18.0 Å². The van der Waals surface area contributed by atoms with Gasteiger partial charge in [-0.1, -0.05) is 27.7 Å². The fourth-order valence-corrected chi connectivity index (χ4v) is 1.87. The van der Waals surface area contributed by atoms with Gasteiger partial charge in [0.2, 0.25) is 0 Å². The molecule has 0 radical (unpaired) electrons. The Labute approximate surface area is 125 Å². The number of amides is 2. The molecule has 0 rings (SSSR count). The van der Waals surface area contributed by atoms with Crippen LogP contribution in [0.3, 0.4) is 0 Å². The number of hydrogen-bond acceptors (Lipinski definition) is 4. The monoisotopic (exact) mass is 302 g/mol. The normalized spacial score (nSPS) is 13.7. The fourth-order valence-electron chi connectivity index (χ4n) is 1.87. The zero-order chi connectivity index (χ0) is 16.6. The predicted octanol–water partition coefficient (Wildman–Crippen LogP) is 1.23. The summed E-state index contributed by atoms with van der Waals surface area (Å²) in [6, 6.07) is -1.34. The summed E-state index contributed by atoms with van der Waals surface area (Å²) in [5, 5.41) is 14.1. The maximum Gasteiger partial charge on any atom is 0.328 e. The molecule has 7 heteroatoms. The number of aliphatic carboxylic acids is 1. The van der Waals surface area contributed by atoms with Gasteiger partial charge in [0, 0.05) is 6.54 Å². The lowest BCUT2D eigenvalue weighted by atomic mass is 9.97. The van der Waals surface area contributed by atoms with Crippen molar-refractivity contribution in [2.24, 2.45) is 17.8 Å². The van der Waals surface area contributed by atoms with Gasteiger partial charge in [-0.3, -0.25) is 4.79 Å². The van der Waals surface area contributed by atoms with Crippen LogP contribution < -0.4 is 10.6 Å². The van der Waals surface area contributed by atoms with Crippen molar-refractivity contribution in [1.82, 2.24) is 10.6 Å². The van der Waals surface area contributed by atoms with Crippen molar-refractivity contribution in [3.8, 4) is 0 Å². The third-order valence-electron chi connectivity index (χ3n) is 3.02. The molecular formula is C14H26N2O5. The van der Waals surface area contributed by atoms with Gasteiger partial charge in [0.05, 0.1) is 13.0 Å². The molecule has 0 aromatic carbocycles. The van der Waals surface area contributed by atoms with Crippen LogP contribution in [-0.2, 0) is 14.3 Å². The molecule has 2 unspecified atom stereocenters. The van der Waals surface area contributed by atoms with Gasteiger partial charge in [-0.05, 0) is 18.3 Å². The van der Waals surface area contributed by atoms with E-state index in [1.54, 1.807) is 13.8 Å². The van der Waals surface area contributed by atoms with Crippen molar-refractivity contribution < 1.29 is 24.2 Å². The van der Waals surface area contributed by atoms with Crippen LogP contribution in [0.1, 0.15) is 34.1 Å². The zero-order valence-electron chi connectivity index (χ0n) is 13.3. The van der Waals surface area contributed by atoms with Crippen molar-refractivity contribution >= 4 is 18.0 Å². The van der Waals surface area contributed by atoms with Gasteiger partial charge in [-0.2, -0.15) is 0 Å². The van der Waals surface area contributed by atoms with Gasteiger partial charge in [0.1, 0.15) is 6.04 Å². The van der Waals surface area contributed by atoms with Crippen LogP contribution in [0, 0.1) is 17.8 Å². The molecular weight excluding hydrogens is 276 g/mol. The molecule has 2 amide bonds. The third kappa shape index (κ3) is 7.53. The van der Waals surface area contributed by atoms with E-state index in [-0.39, 0.29) is 18.4 Å². The number of ether oxygens (including phenoxy) is 1. The predicted molar refractivity (Wildman–Crippen MR) is 77.8 cm³/mol. The van der Waals surface area contributed by atoms with Crippen molar-refractivity contribution in [2.45, 2.75) is 40.2 Å². The number of carbonyl (C=O) groups excluding carboxylic acids is 2. The van der Waals surface area contributed by atoms with Crippen molar-refractivity contribution in [3.63, 3.8) is 0 Å². The standard InChI is InChI=1S/C14H26N2O5/c1-8(2)6-10(12(17)18)7-15-14(20)16-11(9(3)4)13(19)21-5/h8-11H,6-7H2,1-5H3,(H,17,18)(H2,15,16,20). The Bertz CT molecular complexity index is 368. The molecule has 0 bridgehead atoms. The summed E-state index contributed by atoms with van der Waals surface area (Å²) in [6.07, 6.45) is 0.472. The van der Waals surface area contributed by atoms with E-state index in [2.05, 4.69) is 15.4 Å². The van der Waals surface area contributed by atoms with Crippen molar-refractivity contribution in [3.05, 3.63) is 0 Å². The zero-order valence-corrected chi connectivity index (χ0v) is 13.3. The molecule has 0 aliphatic rings. The molecule has 0 aromatic heterocycles. The second kappa shape index (κ2) is 9.20. The summed E-state index contributed by atoms with van der Waals surface area (Å²) < 4.78 is 4.62. The Morgan fingerprint density at radius 3 is 2.10 bits per heavy atom. The summed E-state index contributed by atoms with van der Waals surface area (Å²) in [5.41, 5.74) is 0. The number of carboxylic acid groups (broad SMARTS) is 1. The Morgan fingerprint density at radius 2 is 1.71 bits per heavy atom. The molecule has 0 aliphatic heterocycles. The van der Waals surface area contributed by atoms with Crippen molar-refractivity contribution in [2.75, 3.05) is 13.7 Å². The van der Waals surface area contributed by atoms with Crippen molar-refractivity contribution in [1.29, 1.82) is 0 Å². The van der Waals surface area contributed by atoms with E-state index in [9.17, 15) is 14.4 Å². The highest BCUT2D eigenvalue weighted by Gasteiger charge is 2.26. The molecule has 0 saturated carbocycles. The molecule has 2 atom stereocenters. The molecule has 122 valence electrons. The summed E-state index contributed by atoms with van der Waals surface area (Å²) in [4.78, 5) is 34.4. The lowest BCUT2D eigenvalue weighted by Crippen LogP contribution is -2.50. The quantitative estimate of drug-likeness (QED) is 0.585. The largest absolute Gasteiger partial charge is 0.481 e. The Hall–Kier alpha value is -1.79. The van der Waals surface area contributed by atoms with E-state index in [0.717, 1.165) is 0 Å². The van der Waals surface area contributed by atoms with E-state index in [1.807, 2.05) is 13.8 Å². The summed E-state index contributed by atoms with van der Waals surface area (Å²) in [6.45, 7) is 7.41. The summed E-state index contributed by atoms with van der Waals surface area (Å²) in [5.74, 6) is -2.04. The Kier molecular flexibility index (Phi) is 8.42. The number of hydrogen-bond donors (Lipinski definition) is 3. The van der Waals surface area contributed by atoms with Crippen LogP contribution in [-0.4, -0.2) is 42.8 Å². The number of esters is 1. The average Bonchev–Trinajstić information content (AvgIpc) is 2.38. The molecule has 0 aliphatic carbocycles. The van der Waals surface area contributed by atoms with E-state index in [1.165, 1.54) is 7.11 Å². The highest BCUT2D eigenvalue weighted by molar-refractivity contribution is 5.84. The van der Waals surface area contributed by atoms with E-state index in [0.29, 0.717) is 6.42 Å². The summed E-state index contributed by atoms with van der Waals surface area (Å²) in [7, 11) is 1.25. The van der Waals surface area contributed by atoms with Gasteiger partial charge < -0.3 is 20.5 Å². The first-order chi connectivity index (χ1) is 9.68. The van der Waals surface area contributed by atoms with Crippen LogP contribution in [0.5, 0.6) is 0 Å². The van der Waals surface area contributed by atoms with Gasteiger partial charge in [-0.25, -0.2) is 9.59 Å². The molecule has 21 heavy (non-hydrogen) atoms. The summed E-state index contributed by atoms with van der Waals surface area (Å²) >= 11 is 0. The molecule has 0 spiro atoms. The first-order valence-electron chi connectivity index (χ1n) is 7.04. The minimum absolute atomic E-state index is 0.0192. The Morgan fingerprint density at radius 1 is 1.14 bits per heavy atom. The Balaban J connectivity index is 4.46. The second-order valence-corrected chi connectivity index (χ2v) is 5.76. The average molecular weight is 302 g/mol. The van der Waals surface area contributed by atoms with Gasteiger partial charge in [0.15, 0.2) is 0 Å². The fraction of sp³-hybridized carbons (Fsp3) is 0.786. The van der Waals surface area contributed by atoms with Crippen LogP contribution in [0.4, 0.5) is 4.79 Å². The van der Waals surface area contributed by atoms with Gasteiger partial charge in [-0.15, -0.1) is 0 Å². The third-order valence-corrected chi connectivity index (χ3v) is 3.02. The van der Waals surface area contributed by atoms with Crippen LogP contribution in [0.2, 0.25) is 0 Å². The minimum atomic E-state index is -0.947. The lowest BCUT2D eigenvalue weighted by molar-refractivity contribution is -0.144. The van der Waals surface area contributed by atoms with E-state index < -0.39 is 29.9 Å². The second-order valence-electron chi connectivity index (χ2n) is 5.76. The number of urea groups is 1. The topological polar surface area (TPSA) is 105 Å². The van der Waals surface area contributed by atoms with Crippen LogP contribution >= 0.6 is 0 Å². The molecule has 0 saturated heterocycles. The SMILES string of the molecule is COC(=O)C(NC(=O)NCC(CC(C)C)C(=O)O)C(C)C. The minimum Gasteiger partial charge on any atom is -0.481 e. The maximum absolute atomic E-state index is 11.8. The highest BCUT2D eigenvalue weighted by atomic mass is 16.5. The number of carboxylic acids is 1. The first-order valence-corrected chi connectivity index (χ1v) is 7.04. The van der Waals surface area contributed by atoms with Gasteiger partial charge in [0.25, 0.3) is 0 Å². The number of rotatable bonds is 8.